The van der Waals surface area contributed by atoms with Crippen LogP contribution in [-0.2, 0) is 24.3 Å². The smallest absolute Gasteiger partial charge is 0.258 e. The zero-order valence-corrected chi connectivity index (χ0v) is 20.2. The Hall–Kier alpha value is -4.18. The number of aryl methyl sites for hydroxylation is 2. The first kappa shape index (κ1) is 24.0. The number of amides is 2. The summed E-state index contributed by atoms with van der Waals surface area (Å²) in [4.78, 5) is 27.7. The molecular formula is C31H30N2O2. The minimum atomic E-state index is -0.0557. The molecule has 0 aliphatic rings. The average molecular weight is 463 g/mol. The number of nitrogens with one attached hydrogen (secondary N) is 1. The van der Waals surface area contributed by atoms with Gasteiger partial charge in [0, 0.05) is 17.8 Å². The van der Waals surface area contributed by atoms with Gasteiger partial charge in [0.25, 0.3) is 5.91 Å². The summed E-state index contributed by atoms with van der Waals surface area (Å²) in [5, 5.41) is 2.96. The maximum absolute atomic E-state index is 13.5. The highest BCUT2D eigenvalue weighted by Gasteiger charge is 2.18. The highest BCUT2D eigenvalue weighted by molar-refractivity contribution is 6.06. The van der Waals surface area contributed by atoms with Crippen LogP contribution in [0.3, 0.4) is 0 Å². The molecule has 0 saturated carbocycles. The molecule has 2 amide bonds. The molecule has 0 heterocycles. The largest absolute Gasteiger partial charge is 0.352 e. The van der Waals surface area contributed by atoms with E-state index in [0.29, 0.717) is 18.7 Å². The van der Waals surface area contributed by atoms with Crippen molar-refractivity contribution in [2.75, 3.05) is 4.90 Å². The van der Waals surface area contributed by atoms with E-state index in [1.54, 1.807) is 4.90 Å². The predicted molar refractivity (Wildman–Crippen MR) is 141 cm³/mol. The Morgan fingerprint density at radius 3 is 2.06 bits per heavy atom. The lowest BCUT2D eigenvalue weighted by molar-refractivity contribution is -0.120. The summed E-state index contributed by atoms with van der Waals surface area (Å²) in [5.41, 5.74) is 6.74. The van der Waals surface area contributed by atoms with Crippen molar-refractivity contribution in [1.29, 1.82) is 0 Å². The first-order valence-corrected chi connectivity index (χ1v) is 11.8. The van der Waals surface area contributed by atoms with E-state index in [4.69, 9.17) is 0 Å². The van der Waals surface area contributed by atoms with Gasteiger partial charge in [-0.15, -0.1) is 0 Å². The van der Waals surface area contributed by atoms with Gasteiger partial charge in [0.15, 0.2) is 0 Å². The van der Waals surface area contributed by atoms with Crippen LogP contribution < -0.4 is 10.2 Å². The van der Waals surface area contributed by atoms with Crippen LogP contribution in [0.1, 0.15) is 38.2 Å². The molecule has 176 valence electrons. The van der Waals surface area contributed by atoms with Crippen molar-refractivity contribution < 1.29 is 9.59 Å². The molecule has 0 aliphatic carbocycles. The number of rotatable bonds is 8. The van der Waals surface area contributed by atoms with Gasteiger partial charge < -0.3 is 10.2 Å². The van der Waals surface area contributed by atoms with Crippen LogP contribution in [0.5, 0.6) is 0 Å². The molecule has 4 rings (SSSR count). The summed E-state index contributed by atoms with van der Waals surface area (Å²) in [5.74, 6) is -0.0891. The third kappa shape index (κ3) is 6.67. The lowest BCUT2D eigenvalue weighted by Crippen LogP contribution is -2.30. The summed E-state index contributed by atoms with van der Waals surface area (Å²) in [7, 11) is 0. The van der Waals surface area contributed by atoms with Crippen molar-refractivity contribution in [2.24, 2.45) is 0 Å². The lowest BCUT2D eigenvalue weighted by atomic mass is 10.1. The molecule has 4 aromatic carbocycles. The molecule has 1 N–H and O–H groups in total. The SMILES string of the molecule is Cc1ccc(C(=O)N(Cc2cccc(C)c2)c2ccc(CC(=O)NCc3ccccc3)cc2)cc1. The fourth-order valence-electron chi connectivity index (χ4n) is 3.96. The second-order valence-corrected chi connectivity index (χ2v) is 8.85. The summed E-state index contributed by atoms with van der Waals surface area (Å²) in [6.07, 6.45) is 0.289. The fraction of sp³-hybridized carbons (Fsp3) is 0.161. The van der Waals surface area contributed by atoms with Crippen LogP contribution in [-0.4, -0.2) is 11.8 Å². The zero-order chi connectivity index (χ0) is 24.6. The third-order valence-electron chi connectivity index (χ3n) is 5.91. The van der Waals surface area contributed by atoms with Gasteiger partial charge in [-0.3, -0.25) is 9.59 Å². The van der Waals surface area contributed by atoms with Crippen LogP contribution >= 0.6 is 0 Å². The maximum Gasteiger partial charge on any atom is 0.258 e. The monoisotopic (exact) mass is 462 g/mol. The Morgan fingerprint density at radius 1 is 0.686 bits per heavy atom. The molecule has 4 aromatic rings. The second kappa shape index (κ2) is 11.3. The first-order valence-electron chi connectivity index (χ1n) is 11.8. The van der Waals surface area contributed by atoms with Gasteiger partial charge in [0.2, 0.25) is 5.91 Å². The third-order valence-corrected chi connectivity index (χ3v) is 5.91. The zero-order valence-electron chi connectivity index (χ0n) is 20.2. The van der Waals surface area contributed by atoms with Gasteiger partial charge in [0.05, 0.1) is 13.0 Å². The van der Waals surface area contributed by atoms with Gasteiger partial charge in [-0.2, -0.15) is 0 Å². The minimum absolute atomic E-state index is 0.0334. The van der Waals surface area contributed by atoms with E-state index >= 15 is 0 Å². The molecule has 0 spiro atoms. The molecule has 0 radical (unpaired) electrons. The van der Waals surface area contributed by atoms with E-state index in [9.17, 15) is 9.59 Å². The lowest BCUT2D eigenvalue weighted by Gasteiger charge is -2.24. The van der Waals surface area contributed by atoms with Crippen LogP contribution in [0.15, 0.2) is 103 Å². The van der Waals surface area contributed by atoms with Crippen molar-refractivity contribution in [1.82, 2.24) is 5.32 Å². The van der Waals surface area contributed by atoms with E-state index in [2.05, 4.69) is 11.4 Å². The van der Waals surface area contributed by atoms with Crippen LogP contribution in [0.4, 0.5) is 5.69 Å². The van der Waals surface area contributed by atoms with Crippen molar-refractivity contribution >= 4 is 17.5 Å². The van der Waals surface area contributed by atoms with E-state index in [0.717, 1.165) is 33.5 Å². The molecule has 4 nitrogen and oxygen atoms in total. The van der Waals surface area contributed by atoms with Crippen molar-refractivity contribution in [3.05, 3.63) is 137 Å². The van der Waals surface area contributed by atoms with Gasteiger partial charge in [0.1, 0.15) is 0 Å². The minimum Gasteiger partial charge on any atom is -0.352 e. The number of anilines is 1. The topological polar surface area (TPSA) is 49.4 Å². The Kier molecular flexibility index (Phi) is 7.74. The molecule has 4 heteroatoms. The summed E-state index contributed by atoms with van der Waals surface area (Å²) >= 11 is 0. The van der Waals surface area contributed by atoms with Crippen molar-refractivity contribution in [2.45, 2.75) is 33.4 Å². The normalized spacial score (nSPS) is 10.6. The summed E-state index contributed by atoms with van der Waals surface area (Å²) < 4.78 is 0. The Bertz CT molecular complexity index is 1280. The van der Waals surface area contributed by atoms with Gasteiger partial charge in [-0.25, -0.2) is 0 Å². The molecule has 35 heavy (non-hydrogen) atoms. The Balaban J connectivity index is 1.49. The molecule has 0 aromatic heterocycles. The molecule has 0 unspecified atom stereocenters. The summed E-state index contributed by atoms with van der Waals surface area (Å²) in [6.45, 7) is 5.03. The predicted octanol–water partition coefficient (Wildman–Crippen LogP) is 6.01. The van der Waals surface area contributed by atoms with E-state index in [-0.39, 0.29) is 18.2 Å². The highest BCUT2D eigenvalue weighted by atomic mass is 16.2. The molecule has 0 aliphatic heterocycles. The molecule has 0 atom stereocenters. The average Bonchev–Trinajstić information content (AvgIpc) is 2.87. The maximum atomic E-state index is 13.5. The Labute approximate surface area is 207 Å². The van der Waals surface area contributed by atoms with Gasteiger partial charge in [-0.1, -0.05) is 90.0 Å². The van der Waals surface area contributed by atoms with Crippen LogP contribution in [0.25, 0.3) is 0 Å². The van der Waals surface area contributed by atoms with E-state index < -0.39 is 0 Å². The van der Waals surface area contributed by atoms with Gasteiger partial charge >= 0.3 is 0 Å². The number of carbonyl (C=O) groups is 2. The fourth-order valence-corrected chi connectivity index (χ4v) is 3.96. The number of nitrogens with zero attached hydrogens (tertiary/aromatic N) is 1. The number of hydrogen-bond acceptors (Lipinski definition) is 2. The molecule has 0 saturated heterocycles. The number of hydrogen-bond donors (Lipinski definition) is 1. The quantitative estimate of drug-likeness (QED) is 0.349. The molecule has 0 fully saturated rings. The summed E-state index contributed by atoms with van der Waals surface area (Å²) in [6, 6.07) is 33.4. The highest BCUT2D eigenvalue weighted by Crippen LogP contribution is 2.22. The van der Waals surface area contributed by atoms with Crippen LogP contribution in [0, 0.1) is 13.8 Å². The van der Waals surface area contributed by atoms with Crippen LogP contribution in [0.2, 0.25) is 0 Å². The standard InChI is InChI=1S/C31H30N2O2/c1-23-11-15-28(16-12-23)31(35)33(22-27-10-6-7-24(2)19-27)29-17-13-25(14-18-29)20-30(34)32-21-26-8-4-3-5-9-26/h3-19H,20-22H2,1-2H3,(H,32,34). The van der Waals surface area contributed by atoms with E-state index in [1.165, 1.54) is 0 Å². The molecular weight excluding hydrogens is 432 g/mol. The van der Waals surface area contributed by atoms with Crippen molar-refractivity contribution in [3.63, 3.8) is 0 Å². The van der Waals surface area contributed by atoms with E-state index in [1.807, 2.05) is 111 Å². The van der Waals surface area contributed by atoms with Crippen molar-refractivity contribution in [3.8, 4) is 0 Å². The first-order chi connectivity index (χ1) is 17.0. The Morgan fingerprint density at radius 2 is 1.37 bits per heavy atom. The number of carbonyl (C=O) groups excluding carboxylic acids is 2. The second-order valence-electron chi connectivity index (χ2n) is 8.85. The number of benzene rings is 4. The van der Waals surface area contributed by atoms with Gasteiger partial charge in [-0.05, 0) is 54.8 Å². The molecule has 0 bridgehead atoms.